The van der Waals surface area contributed by atoms with Gasteiger partial charge in [-0.25, -0.2) is 5.01 Å². The zero-order chi connectivity index (χ0) is 23.7. The van der Waals surface area contributed by atoms with Gasteiger partial charge in [0.1, 0.15) is 11.5 Å². The van der Waals surface area contributed by atoms with E-state index in [2.05, 4.69) is 4.99 Å². The number of rotatable bonds is 4. The minimum atomic E-state index is -0.302. The molecule has 34 heavy (non-hydrogen) atoms. The molecule has 1 atom stereocenters. The largest absolute Gasteiger partial charge is 0.508 e. The Hall–Kier alpha value is -3.84. The number of aromatic hydroxyl groups is 1. The van der Waals surface area contributed by atoms with Crippen LogP contribution in [-0.4, -0.2) is 34.0 Å². The van der Waals surface area contributed by atoms with Gasteiger partial charge in [0.25, 0.3) is 0 Å². The van der Waals surface area contributed by atoms with E-state index in [4.69, 9.17) is 9.84 Å². The van der Waals surface area contributed by atoms with Gasteiger partial charge in [-0.2, -0.15) is 10.1 Å². The van der Waals surface area contributed by atoms with Crippen molar-refractivity contribution in [2.24, 2.45) is 10.1 Å². The molecule has 3 aromatic rings. The Labute approximate surface area is 202 Å². The molecule has 2 aliphatic heterocycles. The molecular weight excluding hydrogens is 446 g/mol. The van der Waals surface area contributed by atoms with Crippen molar-refractivity contribution in [2.45, 2.75) is 19.4 Å². The number of benzene rings is 3. The van der Waals surface area contributed by atoms with Crippen LogP contribution in [0.25, 0.3) is 6.08 Å². The number of ether oxygens (including phenoxy) is 1. The summed E-state index contributed by atoms with van der Waals surface area (Å²) in [6, 6.07) is 22.6. The SMILES string of the molecule is COc1ccc(C2=NN(C3=NC(=O)S/C3=C\c3ccccc3C)C(c3ccccc3O)C2)cc1. The highest BCUT2D eigenvalue weighted by molar-refractivity contribution is 8.18. The minimum absolute atomic E-state index is 0.186. The fraction of sp³-hybridized carbons (Fsp3) is 0.148. The van der Waals surface area contributed by atoms with E-state index in [1.54, 1.807) is 24.3 Å². The van der Waals surface area contributed by atoms with Crippen molar-refractivity contribution in [3.05, 3.63) is 100.0 Å². The van der Waals surface area contributed by atoms with Gasteiger partial charge in [-0.15, -0.1) is 0 Å². The molecule has 0 bridgehead atoms. The first-order valence-corrected chi connectivity index (χ1v) is 11.7. The maximum atomic E-state index is 12.4. The average Bonchev–Trinajstić information content (AvgIpc) is 3.44. The molecule has 2 aliphatic rings. The van der Waals surface area contributed by atoms with E-state index in [0.717, 1.165) is 50.4 Å². The zero-order valence-electron chi connectivity index (χ0n) is 18.8. The molecule has 170 valence electrons. The molecule has 0 aromatic heterocycles. The van der Waals surface area contributed by atoms with Crippen LogP contribution in [0.4, 0.5) is 4.79 Å². The Morgan fingerprint density at radius 2 is 1.79 bits per heavy atom. The molecule has 0 saturated heterocycles. The van der Waals surface area contributed by atoms with Crippen molar-refractivity contribution in [2.75, 3.05) is 7.11 Å². The monoisotopic (exact) mass is 469 g/mol. The third-order valence-corrected chi connectivity index (χ3v) is 6.72. The molecule has 0 saturated carbocycles. The molecule has 0 radical (unpaired) electrons. The molecule has 1 N–H and O–H groups in total. The third-order valence-electron chi connectivity index (χ3n) is 5.94. The van der Waals surface area contributed by atoms with Crippen LogP contribution in [0, 0.1) is 6.92 Å². The summed E-state index contributed by atoms with van der Waals surface area (Å²) in [5.41, 5.74) is 4.65. The normalized spacial score (nSPS) is 18.9. The Balaban J connectivity index is 1.59. The highest BCUT2D eigenvalue weighted by Crippen LogP contribution is 2.41. The number of carbonyl (C=O) groups is 1. The number of thioether (sulfide) groups is 1. The molecule has 1 unspecified atom stereocenters. The van der Waals surface area contributed by atoms with Crippen LogP contribution in [-0.2, 0) is 0 Å². The van der Waals surface area contributed by atoms with Crippen LogP contribution < -0.4 is 4.74 Å². The molecule has 5 rings (SSSR count). The lowest BCUT2D eigenvalue weighted by Gasteiger charge is -2.24. The minimum Gasteiger partial charge on any atom is -0.508 e. The second-order valence-corrected chi connectivity index (χ2v) is 9.06. The van der Waals surface area contributed by atoms with Crippen molar-refractivity contribution in [1.29, 1.82) is 0 Å². The fourth-order valence-electron chi connectivity index (χ4n) is 4.13. The van der Waals surface area contributed by atoms with Crippen molar-refractivity contribution < 1.29 is 14.6 Å². The number of amides is 1. The summed E-state index contributed by atoms with van der Waals surface area (Å²) in [6.45, 7) is 2.03. The number of phenols is 1. The smallest absolute Gasteiger partial charge is 0.311 e. The molecular formula is C27H23N3O3S. The summed E-state index contributed by atoms with van der Waals surface area (Å²) in [7, 11) is 1.63. The zero-order valence-corrected chi connectivity index (χ0v) is 19.6. The first-order valence-electron chi connectivity index (χ1n) is 10.9. The molecule has 0 aliphatic carbocycles. The Bertz CT molecular complexity index is 1350. The van der Waals surface area contributed by atoms with Crippen LogP contribution in [0.5, 0.6) is 11.5 Å². The van der Waals surface area contributed by atoms with E-state index in [1.165, 1.54) is 0 Å². The summed E-state index contributed by atoms with van der Waals surface area (Å²) < 4.78 is 5.28. The van der Waals surface area contributed by atoms with Gasteiger partial charge < -0.3 is 9.84 Å². The lowest BCUT2D eigenvalue weighted by molar-refractivity contribution is 0.267. The van der Waals surface area contributed by atoms with Crippen molar-refractivity contribution in [3.8, 4) is 11.5 Å². The van der Waals surface area contributed by atoms with E-state index in [-0.39, 0.29) is 17.0 Å². The van der Waals surface area contributed by atoms with Gasteiger partial charge in [0.2, 0.25) is 0 Å². The van der Waals surface area contributed by atoms with E-state index in [0.29, 0.717) is 12.3 Å². The summed E-state index contributed by atoms with van der Waals surface area (Å²) in [5, 5.41) is 17.0. The fourth-order valence-corrected chi connectivity index (χ4v) is 4.86. The number of aryl methyl sites for hydroxylation is 1. The van der Waals surface area contributed by atoms with Crippen LogP contribution in [0.15, 0.2) is 87.8 Å². The van der Waals surface area contributed by atoms with Crippen LogP contribution in [0.2, 0.25) is 0 Å². The average molecular weight is 470 g/mol. The summed E-state index contributed by atoms with van der Waals surface area (Å²) in [5.74, 6) is 1.45. The van der Waals surface area contributed by atoms with E-state index in [1.807, 2.05) is 73.7 Å². The second-order valence-electron chi connectivity index (χ2n) is 8.07. The summed E-state index contributed by atoms with van der Waals surface area (Å²) in [4.78, 5) is 17.5. The Morgan fingerprint density at radius 3 is 2.53 bits per heavy atom. The first kappa shape index (κ1) is 22.0. The van der Waals surface area contributed by atoms with E-state index in [9.17, 15) is 9.90 Å². The number of hydrogen-bond donors (Lipinski definition) is 1. The maximum absolute atomic E-state index is 12.4. The highest BCUT2D eigenvalue weighted by Gasteiger charge is 2.37. The van der Waals surface area contributed by atoms with Gasteiger partial charge >= 0.3 is 5.24 Å². The lowest BCUT2D eigenvalue weighted by Crippen LogP contribution is -2.26. The van der Waals surface area contributed by atoms with Gasteiger partial charge in [0, 0.05) is 12.0 Å². The van der Waals surface area contributed by atoms with Gasteiger partial charge in [-0.3, -0.25) is 4.79 Å². The molecule has 7 heteroatoms. The first-order chi connectivity index (χ1) is 16.5. The standard InChI is InChI=1S/C27H23N3O3S/c1-17-7-3-4-8-19(17)15-25-26(28-27(32)34-25)30-23(21-9-5-6-10-24(21)31)16-22(29-30)18-11-13-20(33-2)14-12-18/h3-15,23,31H,16H2,1-2H3/b25-15-. The van der Waals surface area contributed by atoms with Crippen LogP contribution >= 0.6 is 11.8 Å². The van der Waals surface area contributed by atoms with Crippen molar-refractivity contribution >= 4 is 34.6 Å². The third kappa shape index (κ3) is 4.22. The highest BCUT2D eigenvalue weighted by atomic mass is 32.2. The predicted molar refractivity (Wildman–Crippen MR) is 136 cm³/mol. The van der Waals surface area contributed by atoms with Gasteiger partial charge in [0.05, 0.1) is 23.8 Å². The Morgan fingerprint density at radius 1 is 1.06 bits per heavy atom. The summed E-state index contributed by atoms with van der Waals surface area (Å²) in [6.07, 6.45) is 2.53. The number of methoxy groups -OCH3 is 1. The Kier molecular flexibility index (Phi) is 5.94. The van der Waals surface area contributed by atoms with Gasteiger partial charge in [-0.05, 0) is 71.8 Å². The number of phenolic OH excluding ortho intramolecular Hbond substituents is 1. The topological polar surface area (TPSA) is 74.5 Å². The molecule has 1 amide bonds. The van der Waals surface area contributed by atoms with Crippen molar-refractivity contribution in [1.82, 2.24) is 5.01 Å². The molecule has 3 aromatic carbocycles. The molecule has 6 nitrogen and oxygen atoms in total. The van der Waals surface area contributed by atoms with Crippen LogP contribution in [0.3, 0.4) is 0 Å². The lowest BCUT2D eigenvalue weighted by atomic mass is 9.97. The van der Waals surface area contributed by atoms with Gasteiger partial charge in [0.15, 0.2) is 5.84 Å². The van der Waals surface area contributed by atoms with Crippen molar-refractivity contribution in [3.63, 3.8) is 0 Å². The number of hydrazone groups is 1. The molecule has 2 heterocycles. The quantitative estimate of drug-likeness (QED) is 0.495. The van der Waals surface area contributed by atoms with E-state index >= 15 is 0 Å². The number of carbonyl (C=O) groups excluding carboxylic acids is 1. The number of hydrogen-bond acceptors (Lipinski definition) is 6. The number of nitrogens with zero attached hydrogens (tertiary/aromatic N) is 3. The predicted octanol–water partition coefficient (Wildman–Crippen LogP) is 6.17. The van der Waals surface area contributed by atoms with E-state index < -0.39 is 0 Å². The maximum Gasteiger partial charge on any atom is 0.311 e. The summed E-state index contributed by atoms with van der Waals surface area (Å²) >= 11 is 1.10. The second kappa shape index (κ2) is 9.19. The van der Waals surface area contributed by atoms with Gasteiger partial charge in [-0.1, -0.05) is 42.5 Å². The van der Waals surface area contributed by atoms with Crippen LogP contribution in [0.1, 0.15) is 34.7 Å². The molecule has 0 spiro atoms. The number of amidine groups is 1. The number of para-hydroxylation sites is 1. The molecule has 0 fully saturated rings. The number of aliphatic imine (C=N–C) groups is 1.